The van der Waals surface area contributed by atoms with Crippen molar-refractivity contribution in [3.05, 3.63) is 60.2 Å². The number of carbonyl (C=O) groups is 2. The van der Waals surface area contributed by atoms with Crippen molar-refractivity contribution in [3.8, 4) is 0 Å². The number of halogens is 3. The second-order valence-corrected chi connectivity index (χ2v) is 8.24. The lowest BCUT2D eigenvalue weighted by Crippen LogP contribution is -2.21. The number of alkyl halides is 3. The highest BCUT2D eigenvalue weighted by molar-refractivity contribution is 8.01. The van der Waals surface area contributed by atoms with E-state index in [1.54, 1.807) is 48.5 Å². The summed E-state index contributed by atoms with van der Waals surface area (Å²) in [6.45, 7) is -1.21. The number of hydrogen-bond acceptors (Lipinski definition) is 7. The van der Waals surface area contributed by atoms with Gasteiger partial charge in [0.15, 0.2) is 4.34 Å². The molecule has 0 unspecified atom stereocenters. The molecule has 0 bridgehead atoms. The van der Waals surface area contributed by atoms with Crippen LogP contribution < -0.4 is 16.0 Å². The molecule has 0 atom stereocenters. The Balaban J connectivity index is 1.55. The summed E-state index contributed by atoms with van der Waals surface area (Å²) in [7, 11) is 0. The maximum absolute atomic E-state index is 12.6. The lowest BCUT2D eigenvalue weighted by molar-refractivity contribution is -0.115. The monoisotopic (exact) mass is 467 g/mol. The maximum Gasteiger partial charge on any atom is 0.405 e. The van der Waals surface area contributed by atoms with Crippen molar-refractivity contribution in [2.45, 2.75) is 10.5 Å². The van der Waals surface area contributed by atoms with Gasteiger partial charge < -0.3 is 16.0 Å². The molecule has 3 N–H and O–H groups in total. The number of thioether (sulfide) groups is 1. The number of aromatic nitrogens is 2. The molecular formula is C19H16F3N5O2S2. The Morgan fingerprint density at radius 3 is 2.42 bits per heavy atom. The minimum absolute atomic E-state index is 0.0168. The van der Waals surface area contributed by atoms with Crippen molar-refractivity contribution >= 4 is 51.4 Å². The zero-order valence-electron chi connectivity index (χ0n) is 15.8. The number of amides is 2. The van der Waals surface area contributed by atoms with Crippen LogP contribution in [0.25, 0.3) is 0 Å². The van der Waals surface area contributed by atoms with Gasteiger partial charge in [-0.3, -0.25) is 9.59 Å². The average molecular weight is 467 g/mol. The summed E-state index contributed by atoms with van der Waals surface area (Å²) in [5, 5.41) is 14.9. The normalized spacial score (nSPS) is 11.1. The van der Waals surface area contributed by atoms with E-state index in [0.717, 1.165) is 23.1 Å². The van der Waals surface area contributed by atoms with Crippen LogP contribution in [0.3, 0.4) is 0 Å². The Morgan fingerprint density at radius 1 is 0.968 bits per heavy atom. The predicted molar refractivity (Wildman–Crippen MR) is 115 cm³/mol. The minimum Gasteiger partial charge on any atom is -0.351 e. The molecule has 0 aliphatic carbocycles. The molecule has 0 fully saturated rings. The highest BCUT2D eigenvalue weighted by Gasteiger charge is 2.27. The number of hydrogen-bond donors (Lipinski definition) is 3. The number of nitrogens with one attached hydrogen (secondary N) is 3. The van der Waals surface area contributed by atoms with Crippen LogP contribution in [0, 0.1) is 0 Å². The van der Waals surface area contributed by atoms with Gasteiger partial charge in [-0.2, -0.15) is 13.2 Å². The Morgan fingerprint density at radius 2 is 1.68 bits per heavy atom. The van der Waals surface area contributed by atoms with Crippen molar-refractivity contribution < 1.29 is 22.8 Å². The van der Waals surface area contributed by atoms with Gasteiger partial charge in [0.05, 0.1) is 17.0 Å². The van der Waals surface area contributed by atoms with E-state index in [0.29, 0.717) is 21.3 Å². The SMILES string of the molecule is O=C(CSc1nnc(NCC(F)(F)F)s1)Nc1ccccc1C(=O)Nc1ccccc1. The molecule has 1 aromatic heterocycles. The second-order valence-electron chi connectivity index (χ2n) is 6.04. The van der Waals surface area contributed by atoms with Gasteiger partial charge in [-0.15, -0.1) is 10.2 Å². The van der Waals surface area contributed by atoms with E-state index in [-0.39, 0.29) is 16.8 Å². The summed E-state index contributed by atoms with van der Waals surface area (Å²) < 4.78 is 37.0. The number of anilines is 3. The largest absolute Gasteiger partial charge is 0.405 e. The molecule has 7 nitrogen and oxygen atoms in total. The zero-order valence-corrected chi connectivity index (χ0v) is 17.4. The smallest absolute Gasteiger partial charge is 0.351 e. The van der Waals surface area contributed by atoms with Crippen LogP contribution in [0.15, 0.2) is 58.9 Å². The van der Waals surface area contributed by atoms with E-state index in [1.165, 1.54) is 0 Å². The molecule has 12 heteroatoms. The highest BCUT2D eigenvalue weighted by atomic mass is 32.2. The summed E-state index contributed by atoms with van der Waals surface area (Å²) in [6, 6.07) is 15.5. The van der Waals surface area contributed by atoms with Gasteiger partial charge in [-0.25, -0.2) is 0 Å². The van der Waals surface area contributed by atoms with E-state index in [2.05, 4.69) is 26.1 Å². The lowest BCUT2D eigenvalue weighted by Gasteiger charge is -2.11. The van der Waals surface area contributed by atoms with Crippen LogP contribution in [0.5, 0.6) is 0 Å². The first-order valence-electron chi connectivity index (χ1n) is 8.82. The van der Waals surface area contributed by atoms with Crippen molar-refractivity contribution in [1.29, 1.82) is 0 Å². The van der Waals surface area contributed by atoms with E-state index in [1.807, 2.05) is 6.07 Å². The standard InChI is InChI=1S/C19H16F3N5O2S2/c20-19(21,22)11-23-17-26-27-18(31-17)30-10-15(28)25-14-9-5-4-8-13(14)16(29)24-12-6-2-1-3-7-12/h1-9H,10-11H2,(H,23,26)(H,24,29)(H,25,28). The molecule has 0 aliphatic heterocycles. The molecule has 2 aromatic carbocycles. The van der Waals surface area contributed by atoms with Gasteiger partial charge in [0.2, 0.25) is 11.0 Å². The van der Waals surface area contributed by atoms with E-state index in [9.17, 15) is 22.8 Å². The first-order chi connectivity index (χ1) is 14.8. The molecule has 1 heterocycles. The van der Waals surface area contributed by atoms with Gasteiger partial charge in [-0.1, -0.05) is 53.4 Å². The first-order valence-corrected chi connectivity index (χ1v) is 10.6. The third-order valence-electron chi connectivity index (χ3n) is 3.65. The number of benzene rings is 2. The predicted octanol–water partition coefficient (Wildman–Crippen LogP) is 4.50. The van der Waals surface area contributed by atoms with Gasteiger partial charge in [0.25, 0.3) is 5.91 Å². The number of carbonyl (C=O) groups excluding carboxylic acids is 2. The Labute approximate surface area is 183 Å². The molecule has 2 amide bonds. The first kappa shape index (κ1) is 22.6. The molecule has 162 valence electrons. The zero-order chi connectivity index (χ0) is 22.3. The molecular weight excluding hydrogens is 451 g/mol. The summed E-state index contributed by atoms with van der Waals surface area (Å²) in [5.41, 5.74) is 1.25. The minimum atomic E-state index is -4.36. The van der Waals surface area contributed by atoms with Gasteiger partial charge in [-0.05, 0) is 24.3 Å². The van der Waals surface area contributed by atoms with Crippen LogP contribution in [-0.2, 0) is 4.79 Å². The maximum atomic E-state index is 12.6. The van der Waals surface area contributed by atoms with Crippen LogP contribution in [0.4, 0.5) is 29.7 Å². The van der Waals surface area contributed by atoms with Crippen LogP contribution in [0.1, 0.15) is 10.4 Å². The molecule has 3 aromatic rings. The molecule has 3 rings (SSSR count). The third-order valence-corrected chi connectivity index (χ3v) is 5.66. The molecule has 0 saturated heterocycles. The topological polar surface area (TPSA) is 96.0 Å². The molecule has 0 saturated carbocycles. The number of nitrogens with zero attached hydrogens (tertiary/aromatic N) is 2. The van der Waals surface area contributed by atoms with E-state index < -0.39 is 18.6 Å². The number of para-hydroxylation sites is 2. The summed E-state index contributed by atoms with van der Waals surface area (Å²) >= 11 is 1.95. The van der Waals surface area contributed by atoms with Gasteiger partial charge >= 0.3 is 6.18 Å². The van der Waals surface area contributed by atoms with Crippen molar-refractivity contribution in [1.82, 2.24) is 10.2 Å². The van der Waals surface area contributed by atoms with Crippen molar-refractivity contribution in [3.63, 3.8) is 0 Å². The lowest BCUT2D eigenvalue weighted by atomic mass is 10.1. The summed E-state index contributed by atoms with van der Waals surface area (Å²) in [4.78, 5) is 24.9. The number of rotatable bonds is 8. The highest BCUT2D eigenvalue weighted by Crippen LogP contribution is 2.27. The van der Waals surface area contributed by atoms with Crippen LogP contribution >= 0.6 is 23.1 Å². The van der Waals surface area contributed by atoms with Gasteiger partial charge in [0, 0.05) is 5.69 Å². The Hall–Kier alpha value is -3.12. The molecule has 0 spiro atoms. The summed E-state index contributed by atoms with van der Waals surface area (Å²) in [6.07, 6.45) is -4.36. The molecule has 0 radical (unpaired) electrons. The van der Waals surface area contributed by atoms with Crippen LogP contribution in [0.2, 0.25) is 0 Å². The average Bonchev–Trinajstić information content (AvgIpc) is 3.19. The Bertz CT molecular complexity index is 1040. The van der Waals surface area contributed by atoms with E-state index >= 15 is 0 Å². The fraction of sp³-hybridized carbons (Fsp3) is 0.158. The molecule has 31 heavy (non-hydrogen) atoms. The Kier molecular flexibility index (Phi) is 7.47. The van der Waals surface area contributed by atoms with E-state index in [4.69, 9.17) is 0 Å². The van der Waals surface area contributed by atoms with Crippen LogP contribution in [-0.4, -0.2) is 40.5 Å². The van der Waals surface area contributed by atoms with Crippen molar-refractivity contribution in [2.75, 3.05) is 28.2 Å². The van der Waals surface area contributed by atoms with Crippen molar-refractivity contribution in [2.24, 2.45) is 0 Å². The fourth-order valence-corrected chi connectivity index (χ4v) is 3.89. The summed E-state index contributed by atoms with van der Waals surface area (Å²) in [5.74, 6) is -0.827. The van der Waals surface area contributed by atoms with Gasteiger partial charge in [0.1, 0.15) is 6.54 Å². The molecule has 0 aliphatic rings. The third kappa shape index (κ3) is 7.26. The second kappa shape index (κ2) is 10.3. The quantitative estimate of drug-likeness (QED) is 0.423. The fourth-order valence-electron chi connectivity index (χ4n) is 2.34.